The lowest BCUT2D eigenvalue weighted by Crippen LogP contribution is -2.34. The van der Waals surface area contributed by atoms with E-state index >= 15 is 0 Å². The van der Waals surface area contributed by atoms with Gasteiger partial charge in [0.05, 0.1) is 0 Å². The van der Waals surface area contributed by atoms with Crippen molar-refractivity contribution >= 4 is 23.2 Å². The summed E-state index contributed by atoms with van der Waals surface area (Å²) in [4.78, 5) is 11.9. The molecule has 0 bridgehead atoms. The van der Waals surface area contributed by atoms with E-state index in [-0.39, 0.29) is 11.0 Å². The van der Waals surface area contributed by atoms with Crippen molar-refractivity contribution < 1.29 is 9.53 Å². The molecule has 4 nitrogen and oxygen atoms in total. The molecule has 0 fully saturated rings. The van der Waals surface area contributed by atoms with Crippen molar-refractivity contribution in [3.05, 3.63) is 90.0 Å². The Balaban J connectivity index is 1.64. The summed E-state index contributed by atoms with van der Waals surface area (Å²) in [7, 11) is 0. The Morgan fingerprint density at radius 1 is 0.923 bits per heavy atom. The summed E-state index contributed by atoms with van der Waals surface area (Å²) in [6.45, 7) is 0.360. The second-order valence-electron chi connectivity index (χ2n) is 5.70. The lowest BCUT2D eigenvalue weighted by atomic mass is 10.1. The zero-order valence-corrected chi connectivity index (χ0v) is 14.8. The number of carbonyl (C=O) groups is 1. The minimum atomic E-state index is -0.327. The van der Waals surface area contributed by atoms with Gasteiger partial charge < -0.3 is 10.5 Å². The van der Waals surface area contributed by atoms with E-state index in [4.69, 9.17) is 10.5 Å². The third-order valence-corrected chi connectivity index (χ3v) is 3.89. The summed E-state index contributed by atoms with van der Waals surface area (Å²) in [6, 6.07) is 25.2. The molecule has 0 aliphatic heterocycles. The van der Waals surface area contributed by atoms with Crippen LogP contribution in [0.15, 0.2) is 78.9 Å². The van der Waals surface area contributed by atoms with E-state index in [1.165, 1.54) is 0 Å². The molecule has 0 aliphatic carbocycles. The first-order valence-electron chi connectivity index (χ1n) is 8.10. The van der Waals surface area contributed by atoms with Gasteiger partial charge in [0.25, 0.3) is 5.91 Å². The third-order valence-electron chi connectivity index (χ3n) is 3.79. The Labute approximate surface area is 157 Å². The topological polar surface area (TPSA) is 64.3 Å². The van der Waals surface area contributed by atoms with Crippen LogP contribution in [-0.4, -0.2) is 11.0 Å². The van der Waals surface area contributed by atoms with Crippen LogP contribution in [0.4, 0.5) is 0 Å². The number of thiocarbonyl (C=S) groups is 1. The van der Waals surface area contributed by atoms with Gasteiger partial charge in [-0.1, -0.05) is 54.6 Å². The van der Waals surface area contributed by atoms with Crippen molar-refractivity contribution in [2.75, 3.05) is 0 Å². The Hall–Kier alpha value is -3.18. The smallest absolute Gasteiger partial charge is 0.257 e. The number of ether oxygens (including phenoxy) is 1. The molecule has 0 saturated heterocycles. The predicted molar refractivity (Wildman–Crippen MR) is 107 cm³/mol. The first-order valence-corrected chi connectivity index (χ1v) is 8.50. The highest BCUT2D eigenvalue weighted by Gasteiger charge is 2.07. The Morgan fingerprint density at radius 2 is 1.62 bits per heavy atom. The lowest BCUT2D eigenvalue weighted by molar-refractivity contribution is 0.0977. The number of amides is 1. The second-order valence-corrected chi connectivity index (χ2v) is 6.14. The number of hydrogen-bond donors (Lipinski definition) is 2. The maximum atomic E-state index is 11.9. The molecule has 0 aliphatic rings. The van der Waals surface area contributed by atoms with Crippen LogP contribution >= 0.6 is 12.2 Å². The van der Waals surface area contributed by atoms with Gasteiger partial charge in [-0.3, -0.25) is 10.1 Å². The van der Waals surface area contributed by atoms with Crippen molar-refractivity contribution in [3.63, 3.8) is 0 Å². The number of rotatable bonds is 5. The molecular formula is C21H18N2O2S. The molecule has 3 rings (SSSR count). The van der Waals surface area contributed by atoms with Crippen molar-refractivity contribution in [3.8, 4) is 16.9 Å². The molecule has 3 aromatic rings. The Bertz CT molecular complexity index is 909. The first-order chi connectivity index (χ1) is 12.6. The lowest BCUT2D eigenvalue weighted by Gasteiger charge is -2.09. The molecule has 1 amide bonds. The molecule has 3 N–H and O–H groups in total. The second kappa shape index (κ2) is 8.27. The van der Waals surface area contributed by atoms with Gasteiger partial charge in [-0.25, -0.2) is 0 Å². The van der Waals surface area contributed by atoms with E-state index in [9.17, 15) is 4.79 Å². The molecular weight excluding hydrogens is 344 g/mol. The van der Waals surface area contributed by atoms with Crippen molar-refractivity contribution in [2.24, 2.45) is 5.73 Å². The van der Waals surface area contributed by atoms with Crippen LogP contribution in [0.1, 0.15) is 15.9 Å². The molecule has 5 heteroatoms. The zero-order chi connectivity index (χ0) is 18.4. The summed E-state index contributed by atoms with van der Waals surface area (Å²) in [6.07, 6.45) is 0. The van der Waals surface area contributed by atoms with Gasteiger partial charge in [0.2, 0.25) is 0 Å². The minimum absolute atomic E-state index is 0.0461. The summed E-state index contributed by atoms with van der Waals surface area (Å²) in [5, 5.41) is 2.37. The molecule has 0 unspecified atom stereocenters. The fourth-order valence-electron chi connectivity index (χ4n) is 2.53. The maximum absolute atomic E-state index is 11.9. The van der Waals surface area contributed by atoms with E-state index in [1.807, 2.05) is 48.5 Å². The number of nitrogens with two attached hydrogens (primary N) is 1. The predicted octanol–water partition coefficient (Wildman–Crippen LogP) is 3.91. The van der Waals surface area contributed by atoms with Crippen LogP contribution in [0, 0.1) is 0 Å². The molecule has 0 heterocycles. The highest BCUT2D eigenvalue weighted by molar-refractivity contribution is 7.80. The van der Waals surface area contributed by atoms with E-state index in [2.05, 4.69) is 29.7 Å². The Kier molecular flexibility index (Phi) is 5.61. The fourth-order valence-corrected chi connectivity index (χ4v) is 2.62. The highest BCUT2D eigenvalue weighted by Crippen LogP contribution is 2.22. The molecule has 0 aromatic heterocycles. The number of benzene rings is 3. The van der Waals surface area contributed by atoms with Gasteiger partial charge >= 0.3 is 0 Å². The minimum Gasteiger partial charge on any atom is -0.489 e. The first kappa shape index (κ1) is 17.6. The molecule has 130 valence electrons. The van der Waals surface area contributed by atoms with Crippen LogP contribution in [-0.2, 0) is 6.61 Å². The monoisotopic (exact) mass is 362 g/mol. The normalized spacial score (nSPS) is 10.2. The van der Waals surface area contributed by atoms with Gasteiger partial charge in [0.15, 0.2) is 5.11 Å². The standard InChI is InChI=1S/C21H18N2O2S/c22-21(26)23-20(24)18-8-4-5-15(13-18)14-25-19-11-9-17(10-12-19)16-6-2-1-3-7-16/h1-13H,14H2,(H3,22,23,24,26). The molecule has 0 saturated carbocycles. The average molecular weight is 362 g/mol. The van der Waals surface area contributed by atoms with Crippen LogP contribution < -0.4 is 15.8 Å². The molecule has 3 aromatic carbocycles. The van der Waals surface area contributed by atoms with Crippen LogP contribution in [0.25, 0.3) is 11.1 Å². The van der Waals surface area contributed by atoms with Crippen LogP contribution in [0.2, 0.25) is 0 Å². The summed E-state index contributed by atoms with van der Waals surface area (Å²) in [5.41, 5.74) is 9.00. The van der Waals surface area contributed by atoms with E-state index in [1.54, 1.807) is 18.2 Å². The van der Waals surface area contributed by atoms with Crippen LogP contribution in [0.5, 0.6) is 5.75 Å². The number of hydrogen-bond acceptors (Lipinski definition) is 3. The van der Waals surface area contributed by atoms with Gasteiger partial charge in [0, 0.05) is 5.56 Å². The van der Waals surface area contributed by atoms with E-state index in [0.29, 0.717) is 12.2 Å². The molecule has 0 spiro atoms. The van der Waals surface area contributed by atoms with E-state index < -0.39 is 0 Å². The largest absolute Gasteiger partial charge is 0.489 e. The number of carbonyl (C=O) groups excluding carboxylic acids is 1. The van der Waals surface area contributed by atoms with Crippen molar-refractivity contribution in [1.29, 1.82) is 0 Å². The SMILES string of the molecule is NC(=S)NC(=O)c1cccc(COc2ccc(-c3ccccc3)cc2)c1. The van der Waals surface area contributed by atoms with Gasteiger partial charge in [-0.2, -0.15) is 0 Å². The Morgan fingerprint density at radius 3 is 2.31 bits per heavy atom. The van der Waals surface area contributed by atoms with Crippen molar-refractivity contribution in [1.82, 2.24) is 5.32 Å². The van der Waals surface area contributed by atoms with Crippen LogP contribution in [0.3, 0.4) is 0 Å². The number of nitrogens with one attached hydrogen (secondary N) is 1. The molecule has 0 atom stereocenters. The molecule has 0 radical (unpaired) electrons. The average Bonchev–Trinajstić information content (AvgIpc) is 2.67. The maximum Gasteiger partial charge on any atom is 0.257 e. The van der Waals surface area contributed by atoms with Gasteiger partial charge in [0.1, 0.15) is 12.4 Å². The summed E-state index contributed by atoms with van der Waals surface area (Å²) >= 11 is 4.69. The fraction of sp³-hybridized carbons (Fsp3) is 0.0476. The third kappa shape index (κ3) is 4.68. The zero-order valence-electron chi connectivity index (χ0n) is 14.0. The van der Waals surface area contributed by atoms with E-state index in [0.717, 1.165) is 22.4 Å². The summed E-state index contributed by atoms with van der Waals surface area (Å²) < 4.78 is 5.82. The molecule has 26 heavy (non-hydrogen) atoms. The quantitative estimate of drug-likeness (QED) is 0.676. The summed E-state index contributed by atoms with van der Waals surface area (Å²) in [5.74, 6) is 0.439. The highest BCUT2D eigenvalue weighted by atomic mass is 32.1. The van der Waals surface area contributed by atoms with Gasteiger partial charge in [-0.05, 0) is 53.2 Å². The van der Waals surface area contributed by atoms with Crippen molar-refractivity contribution in [2.45, 2.75) is 6.61 Å². The van der Waals surface area contributed by atoms with Gasteiger partial charge in [-0.15, -0.1) is 0 Å².